The van der Waals surface area contributed by atoms with Crippen LogP contribution in [-0.2, 0) is 23.4 Å². The van der Waals surface area contributed by atoms with Crippen molar-refractivity contribution in [2.45, 2.75) is 31.5 Å². The van der Waals surface area contributed by atoms with Crippen LogP contribution in [0.4, 0.5) is 4.39 Å². The van der Waals surface area contributed by atoms with Gasteiger partial charge in [0.25, 0.3) is 17.4 Å². The quantitative estimate of drug-likeness (QED) is 0.377. The Balaban J connectivity index is 1.25. The number of likely N-dealkylation sites (tertiary alicyclic amines) is 1. The van der Waals surface area contributed by atoms with E-state index in [1.54, 1.807) is 29.2 Å². The van der Waals surface area contributed by atoms with Crippen LogP contribution in [0.1, 0.15) is 45.1 Å². The summed E-state index contributed by atoms with van der Waals surface area (Å²) in [6.07, 6.45) is 3.42. The molecule has 1 fully saturated rings. The molecule has 0 radical (unpaired) electrons. The molecule has 41 heavy (non-hydrogen) atoms. The van der Waals surface area contributed by atoms with Gasteiger partial charge in [0.05, 0.1) is 18.8 Å². The Morgan fingerprint density at radius 1 is 1.10 bits per heavy atom. The van der Waals surface area contributed by atoms with E-state index in [4.69, 9.17) is 4.74 Å². The molecule has 4 aromatic rings. The van der Waals surface area contributed by atoms with Crippen LogP contribution in [-0.4, -0.2) is 65.8 Å². The summed E-state index contributed by atoms with van der Waals surface area (Å²) in [5.41, 5.74) is -0.691. The van der Waals surface area contributed by atoms with Crippen molar-refractivity contribution in [2.24, 2.45) is 0 Å². The predicted molar refractivity (Wildman–Crippen MR) is 142 cm³/mol. The summed E-state index contributed by atoms with van der Waals surface area (Å²) in [6, 6.07) is 13.0. The molecule has 13 heteroatoms. The van der Waals surface area contributed by atoms with E-state index in [0.717, 1.165) is 0 Å². The molecule has 2 amide bonds. The molecule has 2 aliphatic rings. The largest absolute Gasteiger partial charge is 0.501 e. The van der Waals surface area contributed by atoms with E-state index in [0.29, 0.717) is 42.7 Å². The lowest BCUT2D eigenvalue weighted by Gasteiger charge is -2.44. The maximum Gasteiger partial charge on any atom is 0.296 e. The van der Waals surface area contributed by atoms with Crippen molar-refractivity contribution >= 4 is 11.8 Å². The summed E-state index contributed by atoms with van der Waals surface area (Å²) in [6.45, 7) is 1.05. The van der Waals surface area contributed by atoms with Gasteiger partial charge in [-0.25, -0.2) is 19.0 Å². The number of piperidine rings is 1. The maximum atomic E-state index is 13.9. The molecule has 0 saturated carbocycles. The molecule has 2 aliphatic heterocycles. The first-order chi connectivity index (χ1) is 19.9. The average molecular weight is 560 g/mol. The monoisotopic (exact) mass is 559 g/mol. The molecular weight excluding hydrogens is 533 g/mol. The molecule has 210 valence electrons. The summed E-state index contributed by atoms with van der Waals surface area (Å²) in [5, 5.41) is 17.3. The minimum absolute atomic E-state index is 0.0634. The third-order valence-electron chi connectivity index (χ3n) is 7.49. The van der Waals surface area contributed by atoms with Gasteiger partial charge in [-0.3, -0.25) is 19.0 Å². The molecule has 0 aliphatic carbocycles. The highest BCUT2D eigenvalue weighted by Crippen LogP contribution is 2.38. The lowest BCUT2D eigenvalue weighted by atomic mass is 9.88. The van der Waals surface area contributed by atoms with E-state index in [-0.39, 0.29) is 31.4 Å². The van der Waals surface area contributed by atoms with E-state index >= 15 is 0 Å². The SMILES string of the molecule is O=C(NCc1ccc(F)cc1-n1cncn1)c1nc2n(c(=O)c1O)CCOC21CCN(C(=O)c2ccccc2)CC1. The van der Waals surface area contributed by atoms with Crippen LogP contribution in [0, 0.1) is 5.82 Å². The zero-order valence-electron chi connectivity index (χ0n) is 21.9. The standard InChI is InChI=1S/C28H26FN7O5/c29-20-7-6-19(21(14-20)36-17-30-16-32-36)15-31-24(38)22-23(37)26(40)35-12-13-41-28(27(35)33-22)8-10-34(11-9-28)25(39)18-4-2-1-3-5-18/h1-7,14,16-17,37H,8-13,15H2,(H,31,38). The van der Waals surface area contributed by atoms with Crippen LogP contribution in [0.2, 0.25) is 0 Å². The maximum absolute atomic E-state index is 13.9. The normalized spacial score (nSPS) is 15.9. The van der Waals surface area contributed by atoms with Gasteiger partial charge in [-0.2, -0.15) is 5.10 Å². The van der Waals surface area contributed by atoms with Gasteiger partial charge in [0, 0.05) is 38.0 Å². The van der Waals surface area contributed by atoms with E-state index in [1.807, 2.05) is 6.07 Å². The first-order valence-electron chi connectivity index (χ1n) is 13.1. The van der Waals surface area contributed by atoms with Crippen molar-refractivity contribution in [3.05, 3.63) is 100 Å². The second-order valence-electron chi connectivity index (χ2n) is 9.89. The number of hydrogen-bond donors (Lipinski definition) is 2. The summed E-state index contributed by atoms with van der Waals surface area (Å²) in [5.74, 6) is -1.90. The minimum atomic E-state index is -0.995. The lowest BCUT2D eigenvalue weighted by Crippen LogP contribution is -2.52. The van der Waals surface area contributed by atoms with Gasteiger partial charge in [0.15, 0.2) is 5.69 Å². The number of benzene rings is 2. The second kappa shape index (κ2) is 10.6. The number of rotatable bonds is 5. The third-order valence-corrected chi connectivity index (χ3v) is 7.49. The number of aromatic hydroxyl groups is 1. The van der Waals surface area contributed by atoms with Crippen LogP contribution < -0.4 is 10.9 Å². The molecule has 1 spiro atoms. The van der Waals surface area contributed by atoms with Gasteiger partial charge in [0.2, 0.25) is 5.75 Å². The van der Waals surface area contributed by atoms with Gasteiger partial charge in [0.1, 0.15) is 29.9 Å². The van der Waals surface area contributed by atoms with Gasteiger partial charge in [-0.15, -0.1) is 0 Å². The number of aromatic nitrogens is 5. The summed E-state index contributed by atoms with van der Waals surface area (Å²) in [4.78, 5) is 49.4. The van der Waals surface area contributed by atoms with Crippen molar-refractivity contribution in [2.75, 3.05) is 19.7 Å². The van der Waals surface area contributed by atoms with Gasteiger partial charge in [-0.05, 0) is 29.8 Å². The zero-order valence-corrected chi connectivity index (χ0v) is 21.9. The number of halogens is 1. The second-order valence-corrected chi connectivity index (χ2v) is 9.89. The molecule has 2 aromatic carbocycles. The van der Waals surface area contributed by atoms with Crippen LogP contribution in [0.3, 0.4) is 0 Å². The van der Waals surface area contributed by atoms with Crippen molar-refractivity contribution < 1.29 is 23.8 Å². The molecule has 0 atom stereocenters. The number of nitrogens with zero attached hydrogens (tertiary/aromatic N) is 6. The Labute approximate surface area is 233 Å². The van der Waals surface area contributed by atoms with Crippen LogP contribution in [0.25, 0.3) is 5.69 Å². The number of carbonyl (C=O) groups excluding carboxylic acids is 2. The summed E-state index contributed by atoms with van der Waals surface area (Å²) in [7, 11) is 0. The van der Waals surface area contributed by atoms with Crippen LogP contribution in [0.5, 0.6) is 5.75 Å². The molecule has 12 nitrogen and oxygen atoms in total. The fourth-order valence-electron chi connectivity index (χ4n) is 5.35. The van der Waals surface area contributed by atoms with Crippen LogP contribution in [0.15, 0.2) is 66.0 Å². The molecule has 1 saturated heterocycles. The zero-order chi connectivity index (χ0) is 28.6. The molecule has 0 unspecified atom stereocenters. The third kappa shape index (κ3) is 4.84. The van der Waals surface area contributed by atoms with Gasteiger partial charge in [-0.1, -0.05) is 24.3 Å². The summed E-state index contributed by atoms with van der Waals surface area (Å²) < 4.78 is 22.8. The Kier molecular flexibility index (Phi) is 6.79. The highest BCUT2D eigenvalue weighted by atomic mass is 19.1. The Hall–Kier alpha value is -4.91. The Morgan fingerprint density at radius 3 is 2.61 bits per heavy atom. The van der Waals surface area contributed by atoms with Crippen molar-refractivity contribution in [1.82, 2.24) is 34.5 Å². The average Bonchev–Trinajstić information content (AvgIpc) is 3.54. The van der Waals surface area contributed by atoms with E-state index in [1.165, 1.54) is 40.1 Å². The molecule has 4 heterocycles. The van der Waals surface area contributed by atoms with E-state index in [9.17, 15) is 23.9 Å². The molecule has 2 N–H and O–H groups in total. The summed E-state index contributed by atoms with van der Waals surface area (Å²) >= 11 is 0. The van der Waals surface area contributed by atoms with E-state index in [2.05, 4.69) is 20.4 Å². The van der Waals surface area contributed by atoms with Crippen LogP contribution >= 0.6 is 0 Å². The number of ether oxygens (including phenoxy) is 1. The number of carbonyl (C=O) groups is 2. The number of amides is 2. The predicted octanol–water partition coefficient (Wildman–Crippen LogP) is 1.76. The Morgan fingerprint density at radius 2 is 1.88 bits per heavy atom. The molecular formula is C28H26FN7O5. The fourth-order valence-corrected chi connectivity index (χ4v) is 5.35. The molecule has 0 bridgehead atoms. The molecule has 2 aromatic heterocycles. The highest BCUT2D eigenvalue weighted by molar-refractivity contribution is 5.95. The fraction of sp³-hybridized carbons (Fsp3) is 0.286. The topological polar surface area (TPSA) is 144 Å². The van der Waals surface area contributed by atoms with Crippen molar-refractivity contribution in [3.8, 4) is 11.4 Å². The van der Waals surface area contributed by atoms with Crippen molar-refractivity contribution in [1.29, 1.82) is 0 Å². The number of fused-ring (bicyclic) bond motifs is 2. The van der Waals surface area contributed by atoms with Gasteiger partial charge >= 0.3 is 0 Å². The minimum Gasteiger partial charge on any atom is -0.501 e. The molecule has 6 rings (SSSR count). The Bertz CT molecular complexity index is 1670. The lowest BCUT2D eigenvalue weighted by molar-refractivity contribution is -0.113. The highest BCUT2D eigenvalue weighted by Gasteiger charge is 2.45. The first kappa shape index (κ1) is 26.3. The number of nitrogens with one attached hydrogen (secondary N) is 1. The smallest absolute Gasteiger partial charge is 0.296 e. The number of hydrogen-bond acceptors (Lipinski definition) is 8. The van der Waals surface area contributed by atoms with E-state index < -0.39 is 34.3 Å². The first-order valence-corrected chi connectivity index (χ1v) is 13.1. The van der Waals surface area contributed by atoms with Crippen molar-refractivity contribution in [3.63, 3.8) is 0 Å². The van der Waals surface area contributed by atoms with Gasteiger partial charge < -0.3 is 20.1 Å².